The molecule has 0 radical (unpaired) electrons. The molecule has 4 rings (SSSR count). The van der Waals surface area contributed by atoms with Gasteiger partial charge in [-0.25, -0.2) is 8.42 Å². The van der Waals surface area contributed by atoms with Crippen molar-refractivity contribution in [2.75, 3.05) is 10.5 Å². The fourth-order valence-electron chi connectivity index (χ4n) is 3.91. The maximum absolute atomic E-state index is 13.6. The van der Waals surface area contributed by atoms with E-state index in [-0.39, 0.29) is 10.6 Å². The van der Waals surface area contributed by atoms with Crippen molar-refractivity contribution in [3.8, 4) is 0 Å². The second-order valence-corrected chi connectivity index (χ2v) is 12.1. The minimum Gasteiger partial charge on any atom is -0.284 e. The highest BCUT2D eigenvalue weighted by Crippen LogP contribution is 2.38. The van der Waals surface area contributed by atoms with Crippen LogP contribution in [0.4, 0.5) is 5.69 Å². The van der Waals surface area contributed by atoms with Gasteiger partial charge in [0.1, 0.15) is 0 Å². The van der Waals surface area contributed by atoms with E-state index in [1.807, 2.05) is 38.1 Å². The van der Waals surface area contributed by atoms with Crippen LogP contribution in [0.15, 0.2) is 82.8 Å². The van der Waals surface area contributed by atoms with Gasteiger partial charge in [-0.3, -0.25) is 4.72 Å². The highest BCUT2D eigenvalue weighted by atomic mass is 32.2. The van der Waals surface area contributed by atoms with Crippen LogP contribution in [0.3, 0.4) is 0 Å². The average Bonchev–Trinajstić information content (AvgIpc) is 3.26. The Morgan fingerprint density at radius 1 is 0.941 bits per heavy atom. The zero-order valence-electron chi connectivity index (χ0n) is 19.3. The van der Waals surface area contributed by atoms with Crippen molar-refractivity contribution in [3.63, 3.8) is 0 Å². The molecule has 0 aromatic heterocycles. The van der Waals surface area contributed by atoms with E-state index in [1.54, 1.807) is 55.5 Å². The molecule has 0 aliphatic carbocycles. The molecule has 34 heavy (non-hydrogen) atoms. The molecule has 9 heteroatoms. The van der Waals surface area contributed by atoms with Crippen LogP contribution in [0.2, 0.25) is 0 Å². The Bertz CT molecular complexity index is 1450. The van der Waals surface area contributed by atoms with Crippen molar-refractivity contribution in [3.05, 3.63) is 95.1 Å². The monoisotopic (exact) mass is 497 g/mol. The van der Waals surface area contributed by atoms with Gasteiger partial charge in [-0.15, -0.1) is 0 Å². The van der Waals surface area contributed by atoms with E-state index in [9.17, 15) is 16.8 Å². The Morgan fingerprint density at radius 3 is 2.32 bits per heavy atom. The lowest BCUT2D eigenvalue weighted by atomic mass is 9.96. The van der Waals surface area contributed by atoms with Crippen molar-refractivity contribution < 1.29 is 16.8 Å². The van der Waals surface area contributed by atoms with Crippen LogP contribution >= 0.6 is 0 Å². The largest absolute Gasteiger partial charge is 0.284 e. The van der Waals surface area contributed by atoms with Crippen LogP contribution in [-0.2, 0) is 20.0 Å². The molecule has 0 bridgehead atoms. The van der Waals surface area contributed by atoms with Gasteiger partial charge in [0.25, 0.3) is 10.0 Å². The molecule has 1 heterocycles. The minimum atomic E-state index is -3.92. The van der Waals surface area contributed by atoms with Gasteiger partial charge < -0.3 is 0 Å². The van der Waals surface area contributed by atoms with Gasteiger partial charge in [-0.1, -0.05) is 54.1 Å². The van der Waals surface area contributed by atoms with E-state index in [0.29, 0.717) is 23.4 Å². The van der Waals surface area contributed by atoms with Crippen molar-refractivity contribution in [1.29, 1.82) is 0 Å². The lowest BCUT2D eigenvalue weighted by molar-refractivity contribution is 0.370. The number of hydrogen-bond donors (Lipinski definition) is 1. The van der Waals surface area contributed by atoms with Gasteiger partial charge in [0.15, 0.2) is 0 Å². The Hall–Kier alpha value is -3.17. The molecule has 0 saturated carbocycles. The molecule has 3 aromatic carbocycles. The summed E-state index contributed by atoms with van der Waals surface area (Å²) in [6.07, 6.45) is 0.361. The van der Waals surface area contributed by atoms with Crippen LogP contribution in [0.5, 0.6) is 0 Å². The summed E-state index contributed by atoms with van der Waals surface area (Å²) in [7, 11) is -7.36. The summed E-state index contributed by atoms with van der Waals surface area (Å²) >= 11 is 0. The molecular weight excluding hydrogens is 470 g/mol. The van der Waals surface area contributed by atoms with E-state index >= 15 is 0 Å². The first-order chi connectivity index (χ1) is 16.1. The molecule has 1 aliphatic rings. The van der Waals surface area contributed by atoms with Gasteiger partial charge in [0.05, 0.1) is 22.4 Å². The summed E-state index contributed by atoms with van der Waals surface area (Å²) in [5.41, 5.74) is 4.45. The predicted octanol–water partition coefficient (Wildman–Crippen LogP) is 4.61. The number of aryl methyl sites for hydroxylation is 2. The third-order valence-electron chi connectivity index (χ3n) is 5.83. The third-order valence-corrected chi connectivity index (χ3v) is 8.84. The van der Waals surface area contributed by atoms with Crippen molar-refractivity contribution in [2.24, 2.45) is 5.10 Å². The summed E-state index contributed by atoms with van der Waals surface area (Å²) in [5.74, 6) is -0.0455. The molecule has 0 saturated heterocycles. The zero-order valence-corrected chi connectivity index (χ0v) is 20.9. The van der Waals surface area contributed by atoms with Gasteiger partial charge >= 0.3 is 0 Å². The van der Waals surface area contributed by atoms with Crippen molar-refractivity contribution >= 4 is 31.4 Å². The lowest BCUT2D eigenvalue weighted by Gasteiger charge is -2.24. The fraction of sp³-hybridized carbons (Fsp3) is 0.240. The van der Waals surface area contributed by atoms with Crippen LogP contribution in [0.1, 0.15) is 41.6 Å². The van der Waals surface area contributed by atoms with Gasteiger partial charge in [0, 0.05) is 12.1 Å². The summed E-state index contributed by atoms with van der Waals surface area (Å²) in [6, 6.07) is 20.7. The Labute approximate surface area is 201 Å². The summed E-state index contributed by atoms with van der Waals surface area (Å²) in [6.45, 7) is 5.41. The predicted molar refractivity (Wildman–Crippen MR) is 135 cm³/mol. The maximum Gasteiger partial charge on any atom is 0.279 e. The number of hydrogen-bond acceptors (Lipinski definition) is 5. The number of benzene rings is 3. The van der Waals surface area contributed by atoms with Gasteiger partial charge in [0.2, 0.25) is 10.0 Å². The highest BCUT2D eigenvalue weighted by Gasteiger charge is 2.38. The molecule has 1 atom stereocenters. The number of hydrazone groups is 1. The summed E-state index contributed by atoms with van der Waals surface area (Å²) < 4.78 is 55.0. The van der Waals surface area contributed by atoms with E-state index in [0.717, 1.165) is 16.7 Å². The van der Waals surface area contributed by atoms with E-state index in [1.165, 1.54) is 4.41 Å². The number of nitrogens with zero attached hydrogens (tertiary/aromatic N) is 2. The van der Waals surface area contributed by atoms with Crippen molar-refractivity contribution in [1.82, 2.24) is 4.41 Å². The molecule has 1 unspecified atom stereocenters. The second-order valence-electron chi connectivity index (χ2n) is 8.30. The highest BCUT2D eigenvalue weighted by molar-refractivity contribution is 7.92. The Morgan fingerprint density at radius 2 is 1.65 bits per heavy atom. The first-order valence-corrected chi connectivity index (χ1v) is 14.0. The lowest BCUT2D eigenvalue weighted by Crippen LogP contribution is -2.27. The van der Waals surface area contributed by atoms with Crippen molar-refractivity contribution in [2.45, 2.75) is 38.1 Å². The standard InChI is InChI=1S/C25H27N3O4S2/c1-4-33(29,30)27-21-10-7-9-20(16-21)24-17-25(23-11-6-5-8-19(23)3)28(26-24)34(31,32)22-14-12-18(2)13-15-22/h5-16,25,27H,4,17H2,1-3H3. The number of rotatable bonds is 7. The van der Waals surface area contributed by atoms with Crippen LogP contribution < -0.4 is 4.72 Å². The Kier molecular flexibility index (Phi) is 6.51. The number of sulfonamides is 2. The van der Waals surface area contributed by atoms with Gasteiger partial charge in [-0.05, 0) is 61.7 Å². The van der Waals surface area contributed by atoms with Crippen LogP contribution in [-0.4, -0.2) is 32.7 Å². The molecule has 1 N–H and O–H groups in total. The first-order valence-electron chi connectivity index (χ1n) is 11.0. The van der Waals surface area contributed by atoms with Crippen LogP contribution in [0.25, 0.3) is 0 Å². The molecule has 0 fully saturated rings. The Balaban J connectivity index is 1.78. The quantitative estimate of drug-likeness (QED) is 0.516. The SMILES string of the molecule is CCS(=O)(=O)Nc1cccc(C2=NN(S(=O)(=O)c3ccc(C)cc3)C(c3ccccc3C)C2)c1. The normalized spacial score (nSPS) is 16.4. The molecule has 7 nitrogen and oxygen atoms in total. The smallest absolute Gasteiger partial charge is 0.279 e. The number of anilines is 1. The molecule has 0 spiro atoms. The molecular formula is C25H27N3O4S2. The summed E-state index contributed by atoms with van der Waals surface area (Å²) in [4.78, 5) is 0.172. The van der Waals surface area contributed by atoms with E-state index in [4.69, 9.17) is 0 Å². The fourth-order valence-corrected chi connectivity index (χ4v) is 5.96. The molecule has 3 aromatic rings. The first kappa shape index (κ1) is 24.0. The summed E-state index contributed by atoms with van der Waals surface area (Å²) in [5, 5.41) is 4.57. The third kappa shape index (κ3) is 4.85. The molecule has 178 valence electrons. The topological polar surface area (TPSA) is 95.9 Å². The van der Waals surface area contributed by atoms with Crippen LogP contribution in [0, 0.1) is 13.8 Å². The minimum absolute atomic E-state index is 0.0455. The molecule has 0 amide bonds. The maximum atomic E-state index is 13.6. The molecule has 1 aliphatic heterocycles. The van der Waals surface area contributed by atoms with Gasteiger partial charge in [-0.2, -0.15) is 17.9 Å². The van der Waals surface area contributed by atoms with E-state index in [2.05, 4.69) is 9.82 Å². The average molecular weight is 498 g/mol. The second kappa shape index (κ2) is 9.23. The van der Waals surface area contributed by atoms with E-state index < -0.39 is 26.1 Å². The zero-order chi connectivity index (χ0) is 24.5. The number of nitrogens with one attached hydrogen (secondary N) is 1.